The van der Waals surface area contributed by atoms with Gasteiger partial charge in [-0.3, -0.25) is 19.7 Å². The second kappa shape index (κ2) is 7.72. The van der Waals surface area contributed by atoms with Crippen LogP contribution in [0, 0.1) is 0 Å². The second-order valence-corrected chi connectivity index (χ2v) is 8.89. The highest BCUT2D eigenvalue weighted by atomic mass is 16.6. The zero-order chi connectivity index (χ0) is 22.3. The van der Waals surface area contributed by atoms with Gasteiger partial charge in [0.15, 0.2) is 0 Å². The molecule has 3 heterocycles. The third-order valence-electron chi connectivity index (χ3n) is 5.50. The molecular weight excluding hydrogens is 400 g/mol. The zero-order valence-electron chi connectivity index (χ0n) is 17.9. The molecule has 0 bridgehead atoms. The maximum absolute atomic E-state index is 13.0. The molecule has 1 aromatic rings. The van der Waals surface area contributed by atoms with Crippen molar-refractivity contribution in [1.29, 1.82) is 0 Å². The molecule has 4 amide bonds. The fraction of sp³-hybridized carbons (Fsp3) is 0.455. The van der Waals surface area contributed by atoms with Gasteiger partial charge >= 0.3 is 6.09 Å². The summed E-state index contributed by atoms with van der Waals surface area (Å²) in [4.78, 5) is 54.0. The molecule has 0 spiro atoms. The highest BCUT2D eigenvalue weighted by molar-refractivity contribution is 6.09. The van der Waals surface area contributed by atoms with Crippen LogP contribution in [-0.2, 0) is 20.9 Å². The van der Waals surface area contributed by atoms with Crippen molar-refractivity contribution < 1.29 is 23.9 Å². The van der Waals surface area contributed by atoms with Gasteiger partial charge < -0.3 is 19.4 Å². The van der Waals surface area contributed by atoms with Crippen LogP contribution in [-0.4, -0.2) is 71.4 Å². The number of nitrogens with one attached hydrogen (secondary N) is 1. The van der Waals surface area contributed by atoms with Crippen molar-refractivity contribution in [2.45, 2.75) is 39.0 Å². The first-order chi connectivity index (χ1) is 14.6. The van der Waals surface area contributed by atoms with Gasteiger partial charge in [0.1, 0.15) is 11.6 Å². The zero-order valence-corrected chi connectivity index (χ0v) is 17.9. The van der Waals surface area contributed by atoms with Crippen LogP contribution in [0.1, 0.15) is 36.7 Å². The van der Waals surface area contributed by atoms with E-state index in [0.717, 1.165) is 11.3 Å². The normalized spacial score (nSPS) is 21.3. The predicted octanol–water partition coefficient (Wildman–Crippen LogP) is 1.28. The number of amides is 4. The summed E-state index contributed by atoms with van der Waals surface area (Å²) in [7, 11) is 0. The summed E-state index contributed by atoms with van der Waals surface area (Å²) in [5.74, 6) is -1.20. The topological polar surface area (TPSA) is 99.3 Å². The van der Waals surface area contributed by atoms with Crippen LogP contribution < -0.4 is 10.2 Å². The lowest BCUT2D eigenvalue weighted by Gasteiger charge is -2.36. The highest BCUT2D eigenvalue weighted by Crippen LogP contribution is 2.30. The number of benzene rings is 1. The van der Waals surface area contributed by atoms with Crippen molar-refractivity contribution in [2.24, 2.45) is 0 Å². The molecule has 9 heteroatoms. The Morgan fingerprint density at radius 1 is 1.10 bits per heavy atom. The summed E-state index contributed by atoms with van der Waals surface area (Å²) >= 11 is 0. The maximum atomic E-state index is 13.0. The van der Waals surface area contributed by atoms with Gasteiger partial charge in [-0.05, 0) is 44.5 Å². The summed E-state index contributed by atoms with van der Waals surface area (Å²) in [6, 6.07) is 4.91. The van der Waals surface area contributed by atoms with Gasteiger partial charge in [0.2, 0.25) is 5.91 Å². The Morgan fingerprint density at radius 2 is 1.81 bits per heavy atom. The standard InChI is InChI=1S/C22H26N4O5/c1-22(2,3)31-21(30)25-10-8-24(9-11-25)15-5-4-14-13-26(20(29)16(14)12-15)17-6-7-18(27)23-19(17)28/h4-7,12,17H,8-11,13H2,1-3H3,(H,23,27,28). The van der Waals surface area contributed by atoms with Crippen LogP contribution in [0.25, 0.3) is 0 Å². The molecule has 164 valence electrons. The van der Waals surface area contributed by atoms with Crippen LogP contribution in [0.5, 0.6) is 0 Å². The minimum Gasteiger partial charge on any atom is -0.444 e. The van der Waals surface area contributed by atoms with Crippen molar-refractivity contribution in [3.8, 4) is 0 Å². The molecule has 31 heavy (non-hydrogen) atoms. The molecule has 1 atom stereocenters. The summed E-state index contributed by atoms with van der Waals surface area (Å²) in [6.07, 6.45) is 2.42. The number of nitrogens with zero attached hydrogens (tertiary/aromatic N) is 3. The number of carbonyl (C=O) groups excluding carboxylic acids is 4. The number of rotatable bonds is 2. The minimum absolute atomic E-state index is 0.233. The van der Waals surface area contributed by atoms with Crippen LogP contribution >= 0.6 is 0 Å². The SMILES string of the molecule is CC(C)(C)OC(=O)N1CCN(c2ccc3c(c2)C(=O)N(C2C=CC(=O)NC2=O)C3)CC1. The molecule has 1 saturated heterocycles. The molecule has 1 fully saturated rings. The molecule has 3 aliphatic rings. The monoisotopic (exact) mass is 426 g/mol. The smallest absolute Gasteiger partial charge is 0.410 e. The molecular formula is C22H26N4O5. The van der Waals surface area contributed by atoms with Crippen LogP contribution in [0.3, 0.4) is 0 Å². The van der Waals surface area contributed by atoms with E-state index in [1.165, 1.54) is 17.1 Å². The Morgan fingerprint density at radius 3 is 2.45 bits per heavy atom. The third kappa shape index (κ3) is 4.26. The van der Waals surface area contributed by atoms with Crippen molar-refractivity contribution >= 4 is 29.5 Å². The Hall–Kier alpha value is -3.36. The highest BCUT2D eigenvalue weighted by Gasteiger charge is 2.37. The molecule has 0 radical (unpaired) electrons. The van der Waals surface area contributed by atoms with Gasteiger partial charge in [-0.1, -0.05) is 6.07 Å². The predicted molar refractivity (Wildman–Crippen MR) is 112 cm³/mol. The van der Waals surface area contributed by atoms with Crippen molar-refractivity contribution in [1.82, 2.24) is 15.1 Å². The van der Waals surface area contributed by atoms with E-state index in [4.69, 9.17) is 4.74 Å². The van der Waals surface area contributed by atoms with E-state index in [2.05, 4.69) is 10.2 Å². The molecule has 1 N–H and O–H groups in total. The quantitative estimate of drug-likeness (QED) is 0.716. The molecule has 0 saturated carbocycles. The fourth-order valence-electron chi connectivity index (χ4n) is 3.95. The number of anilines is 1. The molecule has 1 aromatic carbocycles. The Kier molecular flexibility index (Phi) is 5.20. The third-order valence-corrected chi connectivity index (χ3v) is 5.50. The van der Waals surface area contributed by atoms with E-state index in [1.807, 2.05) is 39.0 Å². The number of carbonyl (C=O) groups is 4. The first kappa shape index (κ1) is 20.9. The fourth-order valence-corrected chi connectivity index (χ4v) is 3.95. The van der Waals surface area contributed by atoms with E-state index in [9.17, 15) is 19.2 Å². The van der Waals surface area contributed by atoms with Gasteiger partial charge in [0.05, 0.1) is 0 Å². The van der Waals surface area contributed by atoms with E-state index in [-0.39, 0.29) is 12.0 Å². The minimum atomic E-state index is -0.793. The van der Waals surface area contributed by atoms with Crippen LogP contribution in [0.2, 0.25) is 0 Å². The molecule has 0 aliphatic carbocycles. The van der Waals surface area contributed by atoms with Gasteiger partial charge in [0.25, 0.3) is 11.8 Å². The number of hydrogen-bond donors (Lipinski definition) is 1. The van der Waals surface area contributed by atoms with Gasteiger partial charge in [0, 0.05) is 50.1 Å². The van der Waals surface area contributed by atoms with Crippen molar-refractivity contribution in [3.05, 3.63) is 41.5 Å². The van der Waals surface area contributed by atoms with Crippen molar-refractivity contribution in [2.75, 3.05) is 31.1 Å². The largest absolute Gasteiger partial charge is 0.444 e. The lowest BCUT2D eigenvalue weighted by molar-refractivity contribution is -0.131. The second-order valence-electron chi connectivity index (χ2n) is 8.89. The van der Waals surface area contributed by atoms with Gasteiger partial charge in [-0.15, -0.1) is 0 Å². The molecule has 4 rings (SSSR count). The first-order valence-corrected chi connectivity index (χ1v) is 10.3. The Balaban J connectivity index is 1.43. The summed E-state index contributed by atoms with van der Waals surface area (Å²) in [5, 5.41) is 2.23. The van der Waals surface area contributed by atoms with E-state index < -0.39 is 23.5 Å². The van der Waals surface area contributed by atoms with Crippen LogP contribution in [0.15, 0.2) is 30.4 Å². The number of ether oxygens (including phenoxy) is 1. The van der Waals surface area contributed by atoms with E-state index in [1.54, 1.807) is 4.90 Å². The van der Waals surface area contributed by atoms with E-state index in [0.29, 0.717) is 38.3 Å². The lowest BCUT2D eigenvalue weighted by Crippen LogP contribution is -2.50. The molecule has 9 nitrogen and oxygen atoms in total. The van der Waals surface area contributed by atoms with Gasteiger partial charge in [-0.25, -0.2) is 4.79 Å². The summed E-state index contributed by atoms with van der Waals surface area (Å²) in [6.45, 7) is 8.18. The summed E-state index contributed by atoms with van der Waals surface area (Å²) < 4.78 is 5.44. The van der Waals surface area contributed by atoms with Crippen LogP contribution in [0.4, 0.5) is 10.5 Å². The lowest BCUT2D eigenvalue weighted by atomic mass is 10.1. The number of imide groups is 1. The van der Waals surface area contributed by atoms with Crippen molar-refractivity contribution in [3.63, 3.8) is 0 Å². The molecule has 1 unspecified atom stereocenters. The average Bonchev–Trinajstić information content (AvgIpc) is 3.03. The van der Waals surface area contributed by atoms with E-state index >= 15 is 0 Å². The maximum Gasteiger partial charge on any atom is 0.410 e. The molecule has 0 aromatic heterocycles. The number of piperazine rings is 1. The number of fused-ring (bicyclic) bond motifs is 1. The Bertz CT molecular complexity index is 973. The average molecular weight is 426 g/mol. The molecule has 3 aliphatic heterocycles. The first-order valence-electron chi connectivity index (χ1n) is 10.3. The Labute approximate surface area is 180 Å². The number of hydrogen-bond acceptors (Lipinski definition) is 6. The van der Waals surface area contributed by atoms with Gasteiger partial charge in [-0.2, -0.15) is 0 Å². The summed E-state index contributed by atoms with van der Waals surface area (Å²) in [5.41, 5.74) is 1.78.